The lowest BCUT2D eigenvalue weighted by atomic mass is 9.87. The van der Waals surface area contributed by atoms with Crippen LogP contribution in [0.1, 0.15) is 56.0 Å². The number of amides is 1. The lowest BCUT2D eigenvalue weighted by Gasteiger charge is -2.28. The summed E-state index contributed by atoms with van der Waals surface area (Å²) in [6.45, 7) is 8.03. The zero-order valence-electron chi connectivity index (χ0n) is 22.7. The molecule has 4 aromatic rings. The number of nitro groups is 1. The molecule has 2 N–H and O–H groups in total. The highest BCUT2D eigenvalue weighted by molar-refractivity contribution is 7.80. The largest absolute Gasteiger partial charge is 0.436 e. The van der Waals surface area contributed by atoms with Gasteiger partial charge < -0.3 is 14.6 Å². The normalized spacial score (nSPS) is 13.7. The van der Waals surface area contributed by atoms with Gasteiger partial charge in [0.2, 0.25) is 5.89 Å². The predicted octanol–water partition coefficient (Wildman–Crippen LogP) is 6.82. The number of benzene rings is 3. The molecule has 9 nitrogen and oxygen atoms in total. The fourth-order valence-corrected chi connectivity index (χ4v) is 5.00. The minimum Gasteiger partial charge on any atom is -0.436 e. The molecule has 1 aromatic heterocycles. The maximum Gasteiger partial charge on any atom is 0.293 e. The van der Waals surface area contributed by atoms with Crippen LogP contribution in [0, 0.1) is 10.1 Å². The van der Waals surface area contributed by atoms with Crippen LogP contribution in [0.5, 0.6) is 0 Å². The lowest BCUT2D eigenvalue weighted by molar-refractivity contribution is -0.384. The molecule has 0 spiro atoms. The molecule has 1 aliphatic heterocycles. The summed E-state index contributed by atoms with van der Waals surface area (Å²) in [5.74, 6) is -0.0209. The fraction of sp³-hybridized carbons (Fsp3) is 0.300. The Hall–Kier alpha value is -4.31. The summed E-state index contributed by atoms with van der Waals surface area (Å²) < 4.78 is 5.95. The first-order chi connectivity index (χ1) is 19.1. The highest BCUT2D eigenvalue weighted by Crippen LogP contribution is 2.32. The number of nitrogens with zero attached hydrogens (tertiary/aromatic N) is 3. The van der Waals surface area contributed by atoms with E-state index in [0.29, 0.717) is 28.4 Å². The monoisotopic (exact) mass is 557 g/mol. The average Bonchev–Trinajstić information content (AvgIpc) is 3.36. The van der Waals surface area contributed by atoms with Crippen LogP contribution in [0.15, 0.2) is 65.1 Å². The molecule has 206 valence electrons. The van der Waals surface area contributed by atoms with Gasteiger partial charge in [-0.05, 0) is 84.9 Å². The maximum absolute atomic E-state index is 12.9. The first kappa shape index (κ1) is 27.3. The van der Waals surface area contributed by atoms with Crippen molar-refractivity contribution in [1.29, 1.82) is 0 Å². The van der Waals surface area contributed by atoms with Crippen LogP contribution in [-0.2, 0) is 5.41 Å². The molecule has 5 rings (SSSR count). The minimum atomic E-state index is -0.533. The second-order valence-electron chi connectivity index (χ2n) is 10.9. The molecule has 1 saturated heterocycles. The van der Waals surface area contributed by atoms with E-state index in [0.717, 1.165) is 37.9 Å². The Morgan fingerprint density at radius 1 is 1.02 bits per heavy atom. The Bertz CT molecular complexity index is 1580. The van der Waals surface area contributed by atoms with Crippen molar-refractivity contribution < 1.29 is 14.1 Å². The summed E-state index contributed by atoms with van der Waals surface area (Å²) in [6.07, 6.45) is 3.10. The van der Waals surface area contributed by atoms with Gasteiger partial charge >= 0.3 is 0 Å². The summed E-state index contributed by atoms with van der Waals surface area (Å²) in [5.41, 5.74) is 4.64. The number of aromatic nitrogens is 1. The molecular formula is C30H31N5O4S. The molecule has 0 aliphatic carbocycles. The molecule has 1 amide bonds. The zero-order valence-corrected chi connectivity index (χ0v) is 23.5. The number of oxazole rings is 1. The van der Waals surface area contributed by atoms with Crippen molar-refractivity contribution in [3.05, 3.63) is 81.9 Å². The maximum atomic E-state index is 12.9. The van der Waals surface area contributed by atoms with E-state index < -0.39 is 10.8 Å². The Morgan fingerprint density at radius 2 is 1.75 bits per heavy atom. The summed E-state index contributed by atoms with van der Waals surface area (Å²) in [6, 6.07) is 18.0. The predicted molar refractivity (Wildman–Crippen MR) is 161 cm³/mol. The van der Waals surface area contributed by atoms with Crippen LogP contribution in [0.25, 0.3) is 22.6 Å². The van der Waals surface area contributed by atoms with Gasteiger partial charge in [0.1, 0.15) is 11.2 Å². The van der Waals surface area contributed by atoms with E-state index in [1.54, 1.807) is 30.3 Å². The van der Waals surface area contributed by atoms with Gasteiger partial charge in [0, 0.05) is 36.0 Å². The summed E-state index contributed by atoms with van der Waals surface area (Å²) in [5, 5.41) is 17.4. The van der Waals surface area contributed by atoms with Gasteiger partial charge in [-0.25, -0.2) is 4.98 Å². The highest BCUT2D eigenvalue weighted by atomic mass is 32.1. The lowest BCUT2D eigenvalue weighted by Crippen LogP contribution is -2.34. The van der Waals surface area contributed by atoms with E-state index in [-0.39, 0.29) is 21.8 Å². The van der Waals surface area contributed by atoms with Crippen molar-refractivity contribution in [2.24, 2.45) is 0 Å². The first-order valence-corrected chi connectivity index (χ1v) is 13.7. The summed E-state index contributed by atoms with van der Waals surface area (Å²) in [7, 11) is 0. The average molecular weight is 558 g/mol. The number of anilines is 2. The van der Waals surface area contributed by atoms with Crippen LogP contribution >= 0.6 is 12.2 Å². The van der Waals surface area contributed by atoms with Crippen LogP contribution in [0.2, 0.25) is 0 Å². The fourth-order valence-electron chi connectivity index (χ4n) is 4.79. The van der Waals surface area contributed by atoms with E-state index in [9.17, 15) is 14.9 Å². The van der Waals surface area contributed by atoms with Crippen molar-refractivity contribution in [2.75, 3.05) is 23.3 Å². The number of rotatable bonds is 5. The third kappa shape index (κ3) is 5.96. The number of piperidine rings is 1. The van der Waals surface area contributed by atoms with Gasteiger partial charge in [-0.15, -0.1) is 0 Å². The third-order valence-corrected chi connectivity index (χ3v) is 7.21. The van der Waals surface area contributed by atoms with Gasteiger partial charge in [-0.3, -0.25) is 20.2 Å². The number of hydrogen-bond donors (Lipinski definition) is 2. The van der Waals surface area contributed by atoms with Crippen molar-refractivity contribution in [3.63, 3.8) is 0 Å². The second-order valence-corrected chi connectivity index (χ2v) is 11.4. The van der Waals surface area contributed by atoms with E-state index in [1.807, 2.05) is 17.0 Å². The third-order valence-electron chi connectivity index (χ3n) is 7.00. The molecule has 0 bridgehead atoms. The Labute approximate surface area is 237 Å². The number of nitrogens with one attached hydrogen (secondary N) is 2. The van der Waals surface area contributed by atoms with Gasteiger partial charge in [0.05, 0.1) is 4.92 Å². The topological polar surface area (TPSA) is 114 Å². The number of fused-ring (bicyclic) bond motifs is 1. The smallest absolute Gasteiger partial charge is 0.293 e. The van der Waals surface area contributed by atoms with Crippen molar-refractivity contribution in [2.45, 2.75) is 45.4 Å². The molecule has 0 unspecified atom stereocenters. The number of carbonyl (C=O) groups is 1. The van der Waals surface area contributed by atoms with Gasteiger partial charge in [0.15, 0.2) is 10.7 Å². The van der Waals surface area contributed by atoms with E-state index in [1.165, 1.54) is 11.6 Å². The minimum absolute atomic E-state index is 0.0551. The van der Waals surface area contributed by atoms with E-state index >= 15 is 0 Å². The molecule has 0 radical (unpaired) electrons. The van der Waals surface area contributed by atoms with Gasteiger partial charge in [-0.1, -0.05) is 32.9 Å². The van der Waals surface area contributed by atoms with Crippen LogP contribution in [0.3, 0.4) is 0 Å². The van der Waals surface area contributed by atoms with Crippen LogP contribution in [-0.4, -0.2) is 34.0 Å². The molecular weight excluding hydrogens is 526 g/mol. The summed E-state index contributed by atoms with van der Waals surface area (Å²) >= 11 is 5.34. The molecule has 3 aromatic carbocycles. The number of nitro benzene ring substituents is 1. The molecule has 0 saturated carbocycles. The molecule has 1 aliphatic rings. The van der Waals surface area contributed by atoms with Crippen molar-refractivity contribution >= 4 is 51.4 Å². The quantitative estimate of drug-likeness (QED) is 0.156. The Morgan fingerprint density at radius 3 is 2.42 bits per heavy atom. The Balaban J connectivity index is 1.27. The van der Waals surface area contributed by atoms with Gasteiger partial charge in [-0.2, -0.15) is 0 Å². The number of thiocarbonyl (C=S) groups is 1. The zero-order chi connectivity index (χ0) is 28.4. The van der Waals surface area contributed by atoms with Gasteiger partial charge in [0.25, 0.3) is 11.6 Å². The van der Waals surface area contributed by atoms with E-state index in [2.05, 4.69) is 48.5 Å². The number of carbonyl (C=O) groups excluding carboxylic acids is 1. The summed E-state index contributed by atoms with van der Waals surface area (Å²) in [4.78, 5) is 30.8. The second kappa shape index (κ2) is 11.1. The molecule has 1 fully saturated rings. The van der Waals surface area contributed by atoms with E-state index in [4.69, 9.17) is 16.6 Å². The molecule has 10 heteroatoms. The molecule has 2 heterocycles. The highest BCUT2D eigenvalue weighted by Gasteiger charge is 2.23. The van der Waals surface area contributed by atoms with Crippen molar-refractivity contribution in [1.82, 2.24) is 10.3 Å². The molecule has 40 heavy (non-hydrogen) atoms. The van der Waals surface area contributed by atoms with Crippen LogP contribution in [0.4, 0.5) is 17.1 Å². The Kier molecular flexibility index (Phi) is 7.53. The van der Waals surface area contributed by atoms with Crippen LogP contribution < -0.4 is 15.5 Å². The first-order valence-electron chi connectivity index (χ1n) is 13.3. The van der Waals surface area contributed by atoms with Crippen molar-refractivity contribution in [3.8, 4) is 11.5 Å². The standard InChI is InChI=1S/C30H31N5O4S/c1-30(2,3)21-10-7-19(8-11-21)28-32-23-18-22(12-14-26(23)39-28)31-29(40)33-27(36)20-9-13-24(25(17-20)35(37)38)34-15-5-4-6-16-34/h7-14,17-18H,4-6,15-16H2,1-3H3,(H2,31,33,36,40). The SMILES string of the molecule is CC(C)(C)c1ccc(-c2nc3cc(NC(=S)NC(=O)c4ccc(N5CCCCC5)c([N+](=O)[O-])c4)ccc3o2)cc1. The molecule has 0 atom stereocenters. The number of hydrogen-bond acceptors (Lipinski definition) is 7.